The summed E-state index contributed by atoms with van der Waals surface area (Å²) in [6, 6.07) is 0. The summed E-state index contributed by atoms with van der Waals surface area (Å²) in [5.74, 6) is 1.05. The van der Waals surface area contributed by atoms with Crippen molar-refractivity contribution in [3.8, 4) is 0 Å². The second-order valence-electron chi connectivity index (χ2n) is 3.81. The minimum absolute atomic E-state index is 0.795. The zero-order chi connectivity index (χ0) is 10.9. The Hall–Kier alpha value is -0.990. The minimum Gasteiger partial charge on any atom is -0.413 e. The smallest absolute Gasteiger partial charge is 0.144 e. The average molecular weight is 210 g/mol. The van der Waals surface area contributed by atoms with Crippen LogP contribution in [0.25, 0.3) is 0 Å². The van der Waals surface area contributed by atoms with E-state index in [1.165, 1.54) is 25.7 Å². The number of hydrogen-bond acceptors (Lipinski definition) is 2. The second-order valence-corrected chi connectivity index (χ2v) is 3.81. The van der Waals surface area contributed by atoms with Crippen LogP contribution in [0.2, 0.25) is 0 Å². The molecular weight excluding hydrogens is 188 g/mol. The van der Waals surface area contributed by atoms with E-state index in [0.29, 0.717) is 0 Å². The van der Waals surface area contributed by atoms with Gasteiger partial charge in [-0.3, -0.25) is 0 Å². The maximum atomic E-state index is 5.63. The van der Waals surface area contributed by atoms with E-state index in [1.807, 2.05) is 17.1 Å². The molecule has 1 aromatic heterocycles. The highest BCUT2D eigenvalue weighted by Crippen LogP contribution is 2.02. The highest BCUT2D eigenvalue weighted by atomic mass is 16.7. The highest BCUT2D eigenvalue weighted by Gasteiger charge is 2.02. The molecule has 1 rings (SSSR count). The summed E-state index contributed by atoms with van der Waals surface area (Å²) < 4.78 is 1.82. The van der Waals surface area contributed by atoms with Gasteiger partial charge in [-0.05, 0) is 12.8 Å². The molecule has 3 nitrogen and oxygen atoms in total. The molecule has 1 heterocycles. The molecule has 0 unspecified atom stereocenters. The second kappa shape index (κ2) is 7.32. The standard InChI is InChI=1S/C12H22N2O/c1-3-5-7-11-15-14-10-9-13-12(14)8-6-4-2/h9-10H,3-8,11H2,1-2H3. The van der Waals surface area contributed by atoms with Gasteiger partial charge in [0.1, 0.15) is 12.4 Å². The Kier molecular flexibility index (Phi) is 5.90. The molecule has 0 spiro atoms. The molecule has 0 saturated heterocycles. The SMILES string of the molecule is CCCCCOn1ccnc1CCCC. The normalized spacial score (nSPS) is 10.5. The van der Waals surface area contributed by atoms with Crippen LogP contribution in [0.1, 0.15) is 51.8 Å². The van der Waals surface area contributed by atoms with Crippen molar-refractivity contribution in [3.05, 3.63) is 18.2 Å². The van der Waals surface area contributed by atoms with E-state index in [1.54, 1.807) is 0 Å². The van der Waals surface area contributed by atoms with Crippen LogP contribution in [0.15, 0.2) is 12.4 Å². The van der Waals surface area contributed by atoms with Crippen LogP contribution in [-0.2, 0) is 6.42 Å². The molecule has 86 valence electrons. The van der Waals surface area contributed by atoms with E-state index in [0.717, 1.165) is 25.3 Å². The van der Waals surface area contributed by atoms with Gasteiger partial charge < -0.3 is 4.84 Å². The van der Waals surface area contributed by atoms with Crippen LogP contribution in [0.5, 0.6) is 0 Å². The fraction of sp³-hybridized carbons (Fsp3) is 0.750. The third-order valence-corrected chi connectivity index (χ3v) is 2.41. The zero-order valence-corrected chi connectivity index (χ0v) is 9.91. The number of aryl methyl sites for hydroxylation is 1. The Morgan fingerprint density at radius 1 is 1.20 bits per heavy atom. The number of hydrogen-bond donors (Lipinski definition) is 0. The lowest BCUT2D eigenvalue weighted by atomic mass is 10.2. The molecule has 0 amide bonds. The molecule has 0 saturated carbocycles. The maximum Gasteiger partial charge on any atom is 0.144 e. The number of rotatable bonds is 8. The average Bonchev–Trinajstić information content (AvgIpc) is 2.69. The molecule has 0 radical (unpaired) electrons. The summed E-state index contributed by atoms with van der Waals surface area (Å²) in [5.41, 5.74) is 0. The molecule has 0 aliphatic heterocycles. The van der Waals surface area contributed by atoms with E-state index in [4.69, 9.17) is 4.84 Å². The zero-order valence-electron chi connectivity index (χ0n) is 9.91. The largest absolute Gasteiger partial charge is 0.413 e. The van der Waals surface area contributed by atoms with Crippen molar-refractivity contribution < 1.29 is 4.84 Å². The van der Waals surface area contributed by atoms with Gasteiger partial charge >= 0.3 is 0 Å². The van der Waals surface area contributed by atoms with Gasteiger partial charge in [0, 0.05) is 12.6 Å². The minimum atomic E-state index is 0.795. The van der Waals surface area contributed by atoms with Crippen LogP contribution < -0.4 is 4.84 Å². The molecule has 0 N–H and O–H groups in total. The first-order valence-corrected chi connectivity index (χ1v) is 6.04. The van der Waals surface area contributed by atoms with Crippen molar-refractivity contribution in [2.45, 2.75) is 52.4 Å². The van der Waals surface area contributed by atoms with Gasteiger partial charge in [-0.1, -0.05) is 33.1 Å². The predicted molar refractivity (Wildman–Crippen MR) is 61.8 cm³/mol. The van der Waals surface area contributed by atoms with Crippen molar-refractivity contribution in [3.63, 3.8) is 0 Å². The van der Waals surface area contributed by atoms with Crippen LogP contribution >= 0.6 is 0 Å². The van der Waals surface area contributed by atoms with Gasteiger partial charge in [-0.15, -0.1) is 0 Å². The molecule has 15 heavy (non-hydrogen) atoms. The summed E-state index contributed by atoms with van der Waals surface area (Å²) in [4.78, 5) is 9.92. The molecule has 0 atom stereocenters. The van der Waals surface area contributed by atoms with Crippen LogP contribution in [0, 0.1) is 0 Å². The number of nitrogens with zero attached hydrogens (tertiary/aromatic N) is 2. The highest BCUT2D eigenvalue weighted by molar-refractivity contribution is 4.89. The van der Waals surface area contributed by atoms with Gasteiger partial charge in [-0.25, -0.2) is 4.98 Å². The van der Waals surface area contributed by atoms with Crippen molar-refractivity contribution >= 4 is 0 Å². The first-order valence-electron chi connectivity index (χ1n) is 6.04. The maximum absolute atomic E-state index is 5.63. The monoisotopic (exact) mass is 210 g/mol. The molecule has 1 aromatic rings. The van der Waals surface area contributed by atoms with Crippen molar-refractivity contribution in [2.75, 3.05) is 6.61 Å². The summed E-state index contributed by atoms with van der Waals surface area (Å²) in [6.45, 7) is 5.18. The lowest BCUT2D eigenvalue weighted by Crippen LogP contribution is -2.15. The number of imidazole rings is 1. The molecule has 0 fully saturated rings. The Labute approximate surface area is 92.4 Å². The summed E-state index contributed by atoms with van der Waals surface area (Å²) >= 11 is 0. The third-order valence-electron chi connectivity index (χ3n) is 2.41. The molecule has 0 bridgehead atoms. The van der Waals surface area contributed by atoms with Gasteiger partial charge in [-0.2, -0.15) is 4.73 Å². The van der Waals surface area contributed by atoms with Gasteiger partial charge in [0.15, 0.2) is 0 Å². The van der Waals surface area contributed by atoms with Gasteiger partial charge in [0.2, 0.25) is 0 Å². The van der Waals surface area contributed by atoms with Crippen molar-refractivity contribution in [1.82, 2.24) is 9.71 Å². The molecule has 0 aliphatic rings. The van der Waals surface area contributed by atoms with Gasteiger partial charge in [0.25, 0.3) is 0 Å². The molecular formula is C12H22N2O. The van der Waals surface area contributed by atoms with Gasteiger partial charge in [0.05, 0.1) is 6.20 Å². The predicted octanol–water partition coefficient (Wildman–Crippen LogP) is 2.84. The van der Waals surface area contributed by atoms with E-state index in [2.05, 4.69) is 18.8 Å². The first kappa shape index (κ1) is 12.1. The lowest BCUT2D eigenvalue weighted by Gasteiger charge is -2.08. The fourth-order valence-corrected chi connectivity index (χ4v) is 1.47. The Morgan fingerprint density at radius 2 is 2.00 bits per heavy atom. The van der Waals surface area contributed by atoms with E-state index < -0.39 is 0 Å². The fourth-order valence-electron chi connectivity index (χ4n) is 1.47. The molecule has 0 aromatic carbocycles. The lowest BCUT2D eigenvalue weighted by molar-refractivity contribution is 0.0994. The van der Waals surface area contributed by atoms with E-state index >= 15 is 0 Å². The summed E-state index contributed by atoms with van der Waals surface area (Å²) in [6.07, 6.45) is 10.7. The molecule has 0 aliphatic carbocycles. The Bertz CT molecular complexity index is 258. The summed E-state index contributed by atoms with van der Waals surface area (Å²) in [7, 11) is 0. The van der Waals surface area contributed by atoms with Crippen LogP contribution in [-0.4, -0.2) is 16.3 Å². The number of unbranched alkanes of at least 4 members (excludes halogenated alkanes) is 3. The van der Waals surface area contributed by atoms with Crippen LogP contribution in [0.3, 0.4) is 0 Å². The van der Waals surface area contributed by atoms with Crippen molar-refractivity contribution in [1.29, 1.82) is 0 Å². The van der Waals surface area contributed by atoms with E-state index in [-0.39, 0.29) is 0 Å². The van der Waals surface area contributed by atoms with E-state index in [9.17, 15) is 0 Å². The first-order chi connectivity index (χ1) is 7.38. The Balaban J connectivity index is 2.29. The third kappa shape index (κ3) is 4.36. The van der Waals surface area contributed by atoms with Crippen LogP contribution in [0.4, 0.5) is 0 Å². The molecule has 3 heteroatoms. The Morgan fingerprint density at radius 3 is 2.73 bits per heavy atom. The number of aromatic nitrogens is 2. The van der Waals surface area contributed by atoms with Crippen molar-refractivity contribution in [2.24, 2.45) is 0 Å². The quantitative estimate of drug-likeness (QED) is 0.617. The summed E-state index contributed by atoms with van der Waals surface area (Å²) in [5, 5.41) is 0. The topological polar surface area (TPSA) is 27.1 Å².